The van der Waals surface area contributed by atoms with E-state index in [1.807, 2.05) is 0 Å². The van der Waals surface area contributed by atoms with Gasteiger partial charge in [0, 0.05) is 13.0 Å². The summed E-state index contributed by atoms with van der Waals surface area (Å²) in [4.78, 5) is 26.0. The van der Waals surface area contributed by atoms with Crippen LogP contribution >= 0.6 is 15.9 Å². The lowest BCUT2D eigenvalue weighted by Gasteiger charge is -2.04. The summed E-state index contributed by atoms with van der Waals surface area (Å²) >= 11 is 3.20. The summed E-state index contributed by atoms with van der Waals surface area (Å²) in [7, 11) is 0. The molecule has 0 saturated heterocycles. The second-order valence-electron chi connectivity index (χ2n) is 3.81. The van der Waals surface area contributed by atoms with Crippen LogP contribution in [0.25, 0.3) is 0 Å². The van der Waals surface area contributed by atoms with Crippen LogP contribution in [-0.2, 0) is 4.79 Å². The normalized spacial score (nSPS) is 10.1. The molecule has 0 saturated carbocycles. The highest BCUT2D eigenvalue weighted by molar-refractivity contribution is 9.10. The summed E-state index contributed by atoms with van der Waals surface area (Å²) in [5, 5.41) is 11.2. The average molecular weight is 315 g/mol. The molecule has 1 aromatic rings. The third-order valence-electron chi connectivity index (χ3n) is 2.30. The summed E-state index contributed by atoms with van der Waals surface area (Å²) in [6.07, 6.45) is 2.38. The maximum absolute atomic E-state index is 11.6. The lowest BCUT2D eigenvalue weighted by Crippen LogP contribution is -2.25. The maximum Gasteiger partial charge on any atom is 0.303 e. The Labute approximate surface area is 114 Å². The van der Waals surface area contributed by atoms with E-state index in [2.05, 4.69) is 26.2 Å². The fourth-order valence-electron chi connectivity index (χ4n) is 1.41. The molecule has 6 heteroatoms. The van der Waals surface area contributed by atoms with Gasteiger partial charge in [0.05, 0.1) is 0 Å². The Morgan fingerprint density at radius 2 is 2.06 bits per heavy atom. The number of halogens is 1. The summed E-state index contributed by atoms with van der Waals surface area (Å²) in [5.74, 6) is -0.994. The standard InChI is InChI=1S/C12H15BrN2O3/c13-10-6-4-5-9(15-10)12(18)14-8-3-1-2-7-11(16)17/h4-6H,1-3,7-8H2,(H,14,18)(H,16,17). The van der Waals surface area contributed by atoms with Crippen LogP contribution in [0.2, 0.25) is 0 Å². The molecule has 2 N–H and O–H groups in total. The lowest BCUT2D eigenvalue weighted by molar-refractivity contribution is -0.137. The second kappa shape index (κ2) is 7.81. The molecule has 1 amide bonds. The zero-order valence-corrected chi connectivity index (χ0v) is 11.4. The van der Waals surface area contributed by atoms with Crippen molar-refractivity contribution in [3.63, 3.8) is 0 Å². The van der Waals surface area contributed by atoms with E-state index in [4.69, 9.17) is 5.11 Å². The molecule has 0 fully saturated rings. The number of pyridine rings is 1. The number of carboxylic acids is 1. The number of nitrogens with zero attached hydrogens (tertiary/aromatic N) is 1. The molecule has 0 bridgehead atoms. The van der Waals surface area contributed by atoms with Gasteiger partial charge in [-0.25, -0.2) is 4.98 Å². The van der Waals surface area contributed by atoms with E-state index in [1.54, 1.807) is 18.2 Å². The largest absolute Gasteiger partial charge is 0.481 e. The molecule has 1 heterocycles. The summed E-state index contributed by atoms with van der Waals surface area (Å²) in [5.41, 5.74) is 0.370. The quantitative estimate of drug-likeness (QED) is 0.597. The molecule has 5 nitrogen and oxygen atoms in total. The first-order chi connectivity index (χ1) is 8.59. The van der Waals surface area contributed by atoms with Crippen molar-refractivity contribution in [2.45, 2.75) is 25.7 Å². The molecule has 0 aliphatic heterocycles. The van der Waals surface area contributed by atoms with Crippen LogP contribution in [0.5, 0.6) is 0 Å². The van der Waals surface area contributed by atoms with E-state index in [0.29, 0.717) is 23.3 Å². The predicted molar refractivity (Wildman–Crippen MR) is 70.4 cm³/mol. The van der Waals surface area contributed by atoms with Crippen molar-refractivity contribution in [2.24, 2.45) is 0 Å². The zero-order chi connectivity index (χ0) is 13.4. The number of amides is 1. The van der Waals surface area contributed by atoms with Gasteiger partial charge in [0.2, 0.25) is 0 Å². The van der Waals surface area contributed by atoms with Crippen molar-refractivity contribution >= 4 is 27.8 Å². The number of carbonyl (C=O) groups is 2. The molecule has 98 valence electrons. The monoisotopic (exact) mass is 314 g/mol. The first-order valence-electron chi connectivity index (χ1n) is 5.72. The highest BCUT2D eigenvalue weighted by atomic mass is 79.9. The number of carboxylic acid groups (broad SMARTS) is 1. The van der Waals surface area contributed by atoms with Gasteiger partial charge >= 0.3 is 5.97 Å². The van der Waals surface area contributed by atoms with Crippen LogP contribution in [0.3, 0.4) is 0 Å². The molecular weight excluding hydrogens is 300 g/mol. The second-order valence-corrected chi connectivity index (χ2v) is 4.62. The molecule has 0 aromatic carbocycles. The minimum Gasteiger partial charge on any atom is -0.481 e. The van der Waals surface area contributed by atoms with Crippen LogP contribution < -0.4 is 5.32 Å². The van der Waals surface area contributed by atoms with Crippen molar-refractivity contribution < 1.29 is 14.7 Å². The van der Waals surface area contributed by atoms with Gasteiger partial charge < -0.3 is 10.4 Å². The molecule has 0 radical (unpaired) electrons. The highest BCUT2D eigenvalue weighted by Crippen LogP contribution is 2.06. The van der Waals surface area contributed by atoms with E-state index in [-0.39, 0.29) is 12.3 Å². The van der Waals surface area contributed by atoms with E-state index in [1.165, 1.54) is 0 Å². The number of unbranched alkanes of at least 4 members (excludes halogenated alkanes) is 2. The number of nitrogens with one attached hydrogen (secondary N) is 1. The third-order valence-corrected chi connectivity index (χ3v) is 2.74. The Morgan fingerprint density at radius 1 is 1.28 bits per heavy atom. The summed E-state index contributed by atoms with van der Waals surface area (Å²) < 4.78 is 0.622. The van der Waals surface area contributed by atoms with Gasteiger partial charge in [0.25, 0.3) is 5.91 Å². The molecule has 18 heavy (non-hydrogen) atoms. The molecule has 0 spiro atoms. The predicted octanol–water partition coefficient (Wildman–Crippen LogP) is 2.22. The Bertz CT molecular complexity index is 424. The average Bonchev–Trinajstić information content (AvgIpc) is 2.33. The molecule has 0 atom stereocenters. The van der Waals surface area contributed by atoms with Crippen LogP contribution in [0.15, 0.2) is 22.8 Å². The van der Waals surface area contributed by atoms with Gasteiger partial charge in [0.1, 0.15) is 10.3 Å². The van der Waals surface area contributed by atoms with Crippen molar-refractivity contribution in [3.05, 3.63) is 28.5 Å². The van der Waals surface area contributed by atoms with E-state index < -0.39 is 5.97 Å². The maximum atomic E-state index is 11.6. The number of rotatable bonds is 7. The zero-order valence-electron chi connectivity index (χ0n) is 9.86. The Morgan fingerprint density at radius 3 is 2.72 bits per heavy atom. The highest BCUT2D eigenvalue weighted by Gasteiger charge is 2.06. The van der Waals surface area contributed by atoms with Gasteiger partial charge in [-0.2, -0.15) is 0 Å². The minimum atomic E-state index is -0.780. The SMILES string of the molecule is O=C(O)CCCCCNC(=O)c1cccc(Br)n1. The van der Waals surface area contributed by atoms with Gasteiger partial charge in [-0.15, -0.1) is 0 Å². The van der Waals surface area contributed by atoms with E-state index in [0.717, 1.165) is 12.8 Å². The molecule has 1 aromatic heterocycles. The number of hydrogen-bond donors (Lipinski definition) is 2. The van der Waals surface area contributed by atoms with Crippen LogP contribution in [-0.4, -0.2) is 28.5 Å². The number of aromatic nitrogens is 1. The van der Waals surface area contributed by atoms with Gasteiger partial charge in [-0.05, 0) is 40.9 Å². The van der Waals surface area contributed by atoms with Gasteiger partial charge in [-0.1, -0.05) is 12.5 Å². The Kier molecular flexibility index (Phi) is 6.35. The van der Waals surface area contributed by atoms with Crippen LogP contribution in [0.4, 0.5) is 0 Å². The number of aliphatic carboxylic acids is 1. The summed E-state index contributed by atoms with van der Waals surface area (Å²) in [6, 6.07) is 5.14. The lowest BCUT2D eigenvalue weighted by atomic mass is 10.2. The fourth-order valence-corrected chi connectivity index (χ4v) is 1.75. The molecule has 0 aliphatic rings. The molecule has 0 aliphatic carbocycles. The first-order valence-corrected chi connectivity index (χ1v) is 6.51. The van der Waals surface area contributed by atoms with Crippen molar-refractivity contribution in [3.8, 4) is 0 Å². The molecule has 0 unspecified atom stereocenters. The Balaban J connectivity index is 2.20. The number of carbonyl (C=O) groups excluding carboxylic acids is 1. The van der Waals surface area contributed by atoms with Gasteiger partial charge in [-0.3, -0.25) is 9.59 Å². The fraction of sp³-hybridized carbons (Fsp3) is 0.417. The van der Waals surface area contributed by atoms with E-state index in [9.17, 15) is 9.59 Å². The van der Waals surface area contributed by atoms with Gasteiger partial charge in [0.15, 0.2) is 0 Å². The summed E-state index contributed by atoms with van der Waals surface area (Å²) in [6.45, 7) is 0.534. The van der Waals surface area contributed by atoms with Crippen LogP contribution in [0.1, 0.15) is 36.2 Å². The molecule has 1 rings (SSSR count). The van der Waals surface area contributed by atoms with Crippen molar-refractivity contribution in [1.82, 2.24) is 10.3 Å². The number of hydrogen-bond acceptors (Lipinski definition) is 3. The Hall–Kier alpha value is -1.43. The third kappa shape index (κ3) is 5.77. The topological polar surface area (TPSA) is 79.3 Å². The molecular formula is C12H15BrN2O3. The van der Waals surface area contributed by atoms with Crippen molar-refractivity contribution in [1.29, 1.82) is 0 Å². The van der Waals surface area contributed by atoms with Crippen molar-refractivity contribution in [2.75, 3.05) is 6.54 Å². The van der Waals surface area contributed by atoms with Crippen LogP contribution in [0, 0.1) is 0 Å². The van der Waals surface area contributed by atoms with E-state index >= 15 is 0 Å². The smallest absolute Gasteiger partial charge is 0.303 e. The first kappa shape index (κ1) is 14.6. The minimum absolute atomic E-state index is 0.182.